The van der Waals surface area contributed by atoms with Crippen LogP contribution < -0.4 is 0 Å². The third kappa shape index (κ3) is 1.70. The molecule has 0 aromatic carbocycles. The zero-order valence-corrected chi connectivity index (χ0v) is 7.96. The molecule has 1 saturated heterocycles. The molecule has 4 nitrogen and oxygen atoms in total. The van der Waals surface area contributed by atoms with Gasteiger partial charge in [0, 0.05) is 5.92 Å². The maximum atomic E-state index is 10.9. The van der Waals surface area contributed by atoms with E-state index in [-0.39, 0.29) is 23.3 Å². The molecule has 0 radical (unpaired) electrons. The molecule has 2 fully saturated rings. The molecule has 0 aromatic rings. The maximum Gasteiger partial charge on any atom is 0.307 e. The molecule has 1 heterocycles. The van der Waals surface area contributed by atoms with Crippen LogP contribution in [0, 0.1) is 17.8 Å². The van der Waals surface area contributed by atoms with Crippen molar-refractivity contribution in [3.05, 3.63) is 0 Å². The predicted octanol–water partition coefficient (Wildman–Crippen LogP) is 0.142. The van der Waals surface area contributed by atoms with Crippen molar-refractivity contribution < 1.29 is 18.3 Å². The van der Waals surface area contributed by atoms with Crippen LogP contribution in [0.25, 0.3) is 0 Å². The van der Waals surface area contributed by atoms with Gasteiger partial charge in [-0.15, -0.1) is 0 Å². The first-order valence-electron chi connectivity index (χ1n) is 4.43. The fourth-order valence-corrected chi connectivity index (χ4v) is 3.68. The van der Waals surface area contributed by atoms with Crippen LogP contribution in [0.1, 0.15) is 12.8 Å². The quantitative estimate of drug-likeness (QED) is 0.710. The highest BCUT2D eigenvalue weighted by Gasteiger charge is 2.48. The first-order valence-corrected chi connectivity index (χ1v) is 6.25. The summed E-state index contributed by atoms with van der Waals surface area (Å²) in [6.07, 6.45) is 1.90. The third-order valence-corrected chi connectivity index (χ3v) is 4.73. The predicted molar refractivity (Wildman–Crippen MR) is 46.0 cm³/mol. The highest BCUT2D eigenvalue weighted by molar-refractivity contribution is 7.92. The van der Waals surface area contributed by atoms with Crippen LogP contribution in [0.4, 0.5) is 0 Å². The van der Waals surface area contributed by atoms with Crippen LogP contribution in [-0.4, -0.2) is 31.0 Å². The topological polar surface area (TPSA) is 71.4 Å². The molecule has 1 aliphatic heterocycles. The number of rotatable bonds is 3. The SMILES string of the molecule is O=C(O)C(C1CC1)C1CS(=O)(=O)C1. The van der Waals surface area contributed by atoms with Gasteiger partial charge in [0.15, 0.2) is 9.84 Å². The molecule has 5 heteroatoms. The van der Waals surface area contributed by atoms with Crippen LogP contribution >= 0.6 is 0 Å². The molecular weight excluding hydrogens is 192 g/mol. The molecule has 0 aromatic heterocycles. The van der Waals surface area contributed by atoms with E-state index >= 15 is 0 Å². The Labute approximate surface area is 76.9 Å². The Morgan fingerprint density at radius 3 is 2.08 bits per heavy atom. The van der Waals surface area contributed by atoms with Crippen LogP contribution in [0.3, 0.4) is 0 Å². The Balaban J connectivity index is 2.02. The van der Waals surface area contributed by atoms with E-state index < -0.39 is 21.7 Å². The molecule has 2 aliphatic rings. The van der Waals surface area contributed by atoms with Crippen molar-refractivity contribution in [2.45, 2.75) is 12.8 Å². The molecule has 13 heavy (non-hydrogen) atoms. The van der Waals surface area contributed by atoms with Gasteiger partial charge in [0.05, 0.1) is 17.4 Å². The number of carboxylic acid groups (broad SMARTS) is 1. The zero-order chi connectivity index (χ0) is 9.64. The van der Waals surface area contributed by atoms with Gasteiger partial charge >= 0.3 is 5.97 Å². The summed E-state index contributed by atoms with van der Waals surface area (Å²) in [5.41, 5.74) is 0. The Bertz CT molecular complexity index is 316. The van der Waals surface area contributed by atoms with Crippen molar-refractivity contribution in [3.8, 4) is 0 Å². The average molecular weight is 204 g/mol. The molecule has 1 unspecified atom stereocenters. The lowest BCUT2D eigenvalue weighted by Crippen LogP contribution is -2.44. The Morgan fingerprint density at radius 1 is 1.23 bits per heavy atom. The second-order valence-electron chi connectivity index (χ2n) is 4.04. The summed E-state index contributed by atoms with van der Waals surface area (Å²) in [6.45, 7) is 0. The fourth-order valence-electron chi connectivity index (χ4n) is 2.05. The lowest BCUT2D eigenvalue weighted by molar-refractivity contribution is -0.144. The second kappa shape index (κ2) is 2.70. The molecule has 74 valence electrons. The minimum atomic E-state index is -2.88. The van der Waals surface area contributed by atoms with E-state index in [0.717, 1.165) is 12.8 Å². The van der Waals surface area contributed by atoms with Gasteiger partial charge in [-0.2, -0.15) is 0 Å². The molecule has 1 N–H and O–H groups in total. The lowest BCUT2D eigenvalue weighted by atomic mass is 9.90. The summed E-state index contributed by atoms with van der Waals surface area (Å²) >= 11 is 0. The smallest absolute Gasteiger partial charge is 0.307 e. The minimum Gasteiger partial charge on any atom is -0.481 e. The summed E-state index contributed by atoms with van der Waals surface area (Å²) in [6, 6.07) is 0. The van der Waals surface area contributed by atoms with Crippen molar-refractivity contribution >= 4 is 15.8 Å². The summed E-state index contributed by atoms with van der Waals surface area (Å²) < 4.78 is 21.7. The first-order chi connectivity index (χ1) is 5.99. The van der Waals surface area contributed by atoms with Crippen LogP contribution in [0.5, 0.6) is 0 Å². The van der Waals surface area contributed by atoms with Gasteiger partial charge in [0.25, 0.3) is 0 Å². The Kier molecular flexibility index (Phi) is 1.87. The monoisotopic (exact) mass is 204 g/mol. The van der Waals surface area contributed by atoms with E-state index in [1.54, 1.807) is 0 Å². The first kappa shape index (κ1) is 8.99. The van der Waals surface area contributed by atoms with E-state index in [4.69, 9.17) is 5.11 Å². The van der Waals surface area contributed by atoms with E-state index in [1.165, 1.54) is 0 Å². The maximum absolute atomic E-state index is 10.9. The number of aliphatic carboxylic acids is 1. The fraction of sp³-hybridized carbons (Fsp3) is 0.875. The summed E-state index contributed by atoms with van der Waals surface area (Å²) in [4.78, 5) is 10.8. The number of sulfone groups is 1. The minimum absolute atomic E-state index is 0.0838. The number of hydrogen-bond acceptors (Lipinski definition) is 3. The van der Waals surface area contributed by atoms with Crippen molar-refractivity contribution in [1.29, 1.82) is 0 Å². The highest BCUT2D eigenvalue weighted by atomic mass is 32.2. The van der Waals surface area contributed by atoms with Gasteiger partial charge in [0.2, 0.25) is 0 Å². The van der Waals surface area contributed by atoms with Gasteiger partial charge in [0.1, 0.15) is 0 Å². The van der Waals surface area contributed by atoms with Gasteiger partial charge in [-0.1, -0.05) is 0 Å². The van der Waals surface area contributed by atoms with E-state index in [2.05, 4.69) is 0 Å². The summed E-state index contributed by atoms with van der Waals surface area (Å²) in [7, 11) is -2.88. The molecule has 0 bridgehead atoms. The van der Waals surface area contributed by atoms with Crippen molar-refractivity contribution in [2.75, 3.05) is 11.5 Å². The molecule has 1 saturated carbocycles. The lowest BCUT2D eigenvalue weighted by Gasteiger charge is -2.30. The molecular formula is C8H12O4S. The van der Waals surface area contributed by atoms with E-state index in [9.17, 15) is 13.2 Å². The van der Waals surface area contributed by atoms with Crippen LogP contribution in [-0.2, 0) is 14.6 Å². The van der Waals surface area contributed by atoms with Crippen LogP contribution in [0.2, 0.25) is 0 Å². The van der Waals surface area contributed by atoms with Gasteiger partial charge in [-0.3, -0.25) is 4.79 Å². The largest absolute Gasteiger partial charge is 0.481 e. The average Bonchev–Trinajstić information content (AvgIpc) is 2.66. The number of carbonyl (C=O) groups is 1. The Hall–Kier alpha value is -0.580. The van der Waals surface area contributed by atoms with Gasteiger partial charge in [-0.05, 0) is 18.8 Å². The Morgan fingerprint density at radius 2 is 1.77 bits per heavy atom. The van der Waals surface area contributed by atoms with E-state index in [1.807, 2.05) is 0 Å². The second-order valence-corrected chi connectivity index (χ2v) is 6.19. The molecule has 2 rings (SSSR count). The van der Waals surface area contributed by atoms with Crippen molar-refractivity contribution in [1.82, 2.24) is 0 Å². The standard InChI is InChI=1S/C8H12O4S/c9-8(10)7(5-1-2-5)6-3-13(11,12)4-6/h5-7H,1-4H2,(H,9,10). The zero-order valence-electron chi connectivity index (χ0n) is 7.14. The third-order valence-electron chi connectivity index (χ3n) is 2.86. The molecule has 0 spiro atoms. The van der Waals surface area contributed by atoms with Crippen molar-refractivity contribution in [2.24, 2.45) is 17.8 Å². The van der Waals surface area contributed by atoms with Crippen molar-refractivity contribution in [3.63, 3.8) is 0 Å². The van der Waals surface area contributed by atoms with E-state index in [0.29, 0.717) is 0 Å². The molecule has 1 aliphatic carbocycles. The number of carboxylic acids is 1. The number of hydrogen-bond donors (Lipinski definition) is 1. The summed E-state index contributed by atoms with van der Waals surface area (Å²) in [5.74, 6) is -0.917. The highest BCUT2D eigenvalue weighted by Crippen LogP contribution is 2.43. The van der Waals surface area contributed by atoms with Crippen LogP contribution in [0.15, 0.2) is 0 Å². The van der Waals surface area contributed by atoms with Gasteiger partial charge in [-0.25, -0.2) is 8.42 Å². The molecule has 1 atom stereocenters. The molecule has 0 amide bonds. The summed E-state index contributed by atoms with van der Waals surface area (Å²) in [5, 5.41) is 8.89. The normalized spacial score (nSPS) is 29.2. The van der Waals surface area contributed by atoms with Gasteiger partial charge < -0.3 is 5.11 Å².